The Kier molecular flexibility index (Phi) is 2.99. The van der Waals surface area contributed by atoms with Crippen molar-refractivity contribution in [2.75, 3.05) is 16.8 Å². The number of amides is 1. The Morgan fingerprint density at radius 1 is 1.73 bits per heavy atom. The summed E-state index contributed by atoms with van der Waals surface area (Å²) in [5.74, 6) is 0.978. The molecule has 1 saturated heterocycles. The molecule has 2 rings (SSSR count). The van der Waals surface area contributed by atoms with Crippen LogP contribution in [-0.4, -0.2) is 33.1 Å². The van der Waals surface area contributed by atoms with E-state index in [4.69, 9.17) is 0 Å². The van der Waals surface area contributed by atoms with Crippen molar-refractivity contribution in [1.82, 2.24) is 4.98 Å². The number of rotatable bonds is 2. The Balaban J connectivity index is 2.03. The first-order valence-electron chi connectivity index (χ1n) is 4.64. The van der Waals surface area contributed by atoms with Crippen molar-refractivity contribution < 1.29 is 9.90 Å². The van der Waals surface area contributed by atoms with Gasteiger partial charge in [-0.3, -0.25) is 10.1 Å². The molecule has 15 heavy (non-hydrogen) atoms. The van der Waals surface area contributed by atoms with Crippen LogP contribution in [0.3, 0.4) is 0 Å². The normalized spacial score (nSPS) is 25.5. The van der Waals surface area contributed by atoms with Gasteiger partial charge in [-0.25, -0.2) is 4.98 Å². The van der Waals surface area contributed by atoms with E-state index in [2.05, 4.69) is 10.3 Å². The van der Waals surface area contributed by atoms with E-state index in [9.17, 15) is 9.90 Å². The van der Waals surface area contributed by atoms with E-state index in [1.165, 1.54) is 11.3 Å². The summed E-state index contributed by atoms with van der Waals surface area (Å²) in [7, 11) is 0. The number of nitrogens with zero attached hydrogens (tertiary/aromatic N) is 1. The smallest absolute Gasteiger partial charge is 0.259 e. The summed E-state index contributed by atoms with van der Waals surface area (Å²) in [5, 5.41) is 13.2. The van der Waals surface area contributed by atoms with Crippen LogP contribution in [0.4, 0.5) is 5.13 Å². The summed E-state index contributed by atoms with van der Waals surface area (Å²) in [4.78, 5) is 16.8. The van der Waals surface area contributed by atoms with Crippen molar-refractivity contribution in [3.63, 3.8) is 0 Å². The van der Waals surface area contributed by atoms with Crippen molar-refractivity contribution >= 4 is 34.1 Å². The third-order valence-electron chi connectivity index (χ3n) is 2.27. The third kappa shape index (κ3) is 2.32. The summed E-state index contributed by atoms with van der Waals surface area (Å²) in [6.07, 6.45) is 2.22. The molecular weight excluding hydrogens is 232 g/mol. The maximum Gasteiger partial charge on any atom is 0.259 e. The fourth-order valence-corrected chi connectivity index (χ4v) is 3.26. The van der Waals surface area contributed by atoms with Gasteiger partial charge < -0.3 is 5.11 Å². The topological polar surface area (TPSA) is 62.2 Å². The van der Waals surface area contributed by atoms with Gasteiger partial charge in [0, 0.05) is 16.8 Å². The Morgan fingerprint density at radius 2 is 2.53 bits per heavy atom. The molecule has 82 valence electrons. The summed E-state index contributed by atoms with van der Waals surface area (Å²) < 4.78 is 0. The molecule has 1 fully saturated rings. The van der Waals surface area contributed by atoms with E-state index in [0.29, 0.717) is 17.3 Å². The van der Waals surface area contributed by atoms with Crippen LogP contribution in [0.2, 0.25) is 0 Å². The van der Waals surface area contributed by atoms with E-state index in [1.807, 2.05) is 6.92 Å². The SMILES string of the molecule is Cc1cnc(NC(=O)C2(O)CCSC2)s1. The van der Waals surface area contributed by atoms with E-state index in [-0.39, 0.29) is 5.91 Å². The summed E-state index contributed by atoms with van der Waals surface area (Å²) in [6.45, 7) is 1.92. The molecule has 1 aliphatic rings. The molecule has 0 aliphatic carbocycles. The molecule has 2 heterocycles. The minimum atomic E-state index is -1.20. The number of nitrogens with one attached hydrogen (secondary N) is 1. The molecular formula is C9H12N2O2S2. The number of hydrogen-bond acceptors (Lipinski definition) is 5. The number of anilines is 1. The quantitative estimate of drug-likeness (QED) is 0.822. The van der Waals surface area contributed by atoms with Crippen LogP contribution in [-0.2, 0) is 4.79 Å². The second-order valence-electron chi connectivity index (χ2n) is 3.56. The Labute approximate surface area is 96.1 Å². The van der Waals surface area contributed by atoms with E-state index < -0.39 is 5.60 Å². The first-order chi connectivity index (χ1) is 7.10. The standard InChI is InChI=1S/C9H12N2O2S2/c1-6-4-10-8(15-6)11-7(12)9(13)2-3-14-5-9/h4,13H,2-3,5H2,1H3,(H,10,11,12). The zero-order valence-electron chi connectivity index (χ0n) is 8.32. The van der Waals surface area contributed by atoms with E-state index in [0.717, 1.165) is 10.6 Å². The fourth-order valence-electron chi connectivity index (χ4n) is 1.36. The van der Waals surface area contributed by atoms with Crippen molar-refractivity contribution in [3.8, 4) is 0 Å². The molecule has 6 heteroatoms. The minimum Gasteiger partial charge on any atom is -0.379 e. The highest BCUT2D eigenvalue weighted by Crippen LogP contribution is 2.29. The van der Waals surface area contributed by atoms with Crippen LogP contribution in [0, 0.1) is 6.92 Å². The van der Waals surface area contributed by atoms with Crippen LogP contribution < -0.4 is 5.32 Å². The Bertz CT molecular complexity index is 372. The second kappa shape index (κ2) is 4.11. The predicted molar refractivity (Wildman–Crippen MR) is 62.4 cm³/mol. The number of aliphatic hydroxyl groups is 1. The van der Waals surface area contributed by atoms with Crippen molar-refractivity contribution in [3.05, 3.63) is 11.1 Å². The maximum atomic E-state index is 11.7. The average molecular weight is 244 g/mol. The number of carbonyl (C=O) groups is 1. The first kappa shape index (κ1) is 10.9. The number of hydrogen-bond donors (Lipinski definition) is 2. The molecule has 0 spiro atoms. The highest BCUT2D eigenvalue weighted by molar-refractivity contribution is 7.99. The minimum absolute atomic E-state index is 0.332. The number of aromatic nitrogens is 1. The van der Waals surface area contributed by atoms with Crippen LogP contribution in [0.25, 0.3) is 0 Å². The van der Waals surface area contributed by atoms with Gasteiger partial charge in [0.15, 0.2) is 10.7 Å². The lowest BCUT2D eigenvalue weighted by Gasteiger charge is -2.18. The predicted octanol–water partition coefficient (Wildman–Crippen LogP) is 1.26. The lowest BCUT2D eigenvalue weighted by molar-refractivity contribution is -0.131. The monoisotopic (exact) mass is 244 g/mol. The number of thiazole rings is 1. The molecule has 0 radical (unpaired) electrons. The van der Waals surface area contributed by atoms with Gasteiger partial charge in [-0.05, 0) is 19.1 Å². The highest BCUT2D eigenvalue weighted by atomic mass is 32.2. The van der Waals surface area contributed by atoms with Gasteiger partial charge in [0.1, 0.15) is 0 Å². The first-order valence-corrected chi connectivity index (χ1v) is 6.61. The van der Waals surface area contributed by atoms with Crippen molar-refractivity contribution in [2.24, 2.45) is 0 Å². The van der Waals surface area contributed by atoms with Gasteiger partial charge in [-0.15, -0.1) is 11.3 Å². The maximum absolute atomic E-state index is 11.7. The lowest BCUT2D eigenvalue weighted by atomic mass is 10.0. The van der Waals surface area contributed by atoms with Gasteiger partial charge in [0.25, 0.3) is 5.91 Å². The lowest BCUT2D eigenvalue weighted by Crippen LogP contribution is -2.42. The van der Waals surface area contributed by atoms with Gasteiger partial charge in [-0.1, -0.05) is 0 Å². The number of carbonyl (C=O) groups excluding carboxylic acids is 1. The molecule has 1 aromatic rings. The molecule has 1 unspecified atom stereocenters. The van der Waals surface area contributed by atoms with Crippen LogP contribution in [0.15, 0.2) is 6.20 Å². The molecule has 0 saturated carbocycles. The van der Waals surface area contributed by atoms with Gasteiger partial charge in [0.05, 0.1) is 0 Å². The largest absolute Gasteiger partial charge is 0.379 e. The summed E-state index contributed by atoms with van der Waals surface area (Å²) >= 11 is 3.01. The molecule has 1 amide bonds. The van der Waals surface area contributed by atoms with Gasteiger partial charge in [0.2, 0.25) is 0 Å². The van der Waals surface area contributed by atoms with Crippen LogP contribution in [0.5, 0.6) is 0 Å². The van der Waals surface area contributed by atoms with Gasteiger partial charge >= 0.3 is 0 Å². The molecule has 1 aromatic heterocycles. The molecule has 2 N–H and O–H groups in total. The van der Waals surface area contributed by atoms with Gasteiger partial charge in [-0.2, -0.15) is 11.8 Å². The van der Waals surface area contributed by atoms with Crippen molar-refractivity contribution in [1.29, 1.82) is 0 Å². The zero-order chi connectivity index (χ0) is 10.9. The van der Waals surface area contributed by atoms with Crippen LogP contribution in [0.1, 0.15) is 11.3 Å². The van der Waals surface area contributed by atoms with Crippen molar-refractivity contribution in [2.45, 2.75) is 18.9 Å². The summed E-state index contributed by atoms with van der Waals surface area (Å²) in [5.41, 5.74) is -1.20. The fraction of sp³-hybridized carbons (Fsp3) is 0.556. The molecule has 0 bridgehead atoms. The number of aryl methyl sites for hydroxylation is 1. The second-order valence-corrected chi connectivity index (χ2v) is 5.90. The van der Waals surface area contributed by atoms with Crippen LogP contribution >= 0.6 is 23.1 Å². The molecule has 1 aliphatic heterocycles. The molecule has 1 atom stereocenters. The van der Waals surface area contributed by atoms with E-state index >= 15 is 0 Å². The third-order valence-corrected chi connectivity index (χ3v) is 4.27. The highest BCUT2D eigenvalue weighted by Gasteiger charge is 2.39. The number of thioether (sulfide) groups is 1. The summed E-state index contributed by atoms with van der Waals surface area (Å²) in [6, 6.07) is 0. The average Bonchev–Trinajstić information content (AvgIpc) is 2.76. The molecule has 0 aromatic carbocycles. The zero-order valence-corrected chi connectivity index (χ0v) is 9.95. The Hall–Kier alpha value is -0.590. The van der Waals surface area contributed by atoms with E-state index in [1.54, 1.807) is 18.0 Å². The molecule has 4 nitrogen and oxygen atoms in total. The Morgan fingerprint density at radius 3 is 3.07 bits per heavy atom.